The van der Waals surface area contributed by atoms with E-state index in [2.05, 4.69) is 15.3 Å². The molecule has 2 N–H and O–H groups in total. The van der Waals surface area contributed by atoms with Crippen LogP contribution in [0.3, 0.4) is 0 Å². The third kappa shape index (κ3) is 2.81. The maximum absolute atomic E-state index is 12.4. The smallest absolute Gasteiger partial charge is 0.251 e. The fourth-order valence-corrected chi connectivity index (χ4v) is 3.44. The van der Waals surface area contributed by atoms with Gasteiger partial charge in [0.2, 0.25) is 0 Å². The lowest BCUT2D eigenvalue weighted by Gasteiger charge is -2.09. The zero-order valence-corrected chi connectivity index (χ0v) is 13.6. The van der Waals surface area contributed by atoms with E-state index in [4.69, 9.17) is 0 Å². The van der Waals surface area contributed by atoms with Crippen molar-refractivity contribution in [3.63, 3.8) is 0 Å². The molecule has 3 heterocycles. The van der Waals surface area contributed by atoms with Crippen molar-refractivity contribution in [1.82, 2.24) is 15.3 Å². The van der Waals surface area contributed by atoms with Crippen LogP contribution in [0.5, 0.6) is 0 Å². The summed E-state index contributed by atoms with van der Waals surface area (Å²) in [5.74, 6) is -0.0903. The summed E-state index contributed by atoms with van der Waals surface area (Å²) in [6.45, 7) is 0.447. The summed E-state index contributed by atoms with van der Waals surface area (Å²) >= 11 is 1.64. The number of nitrogens with one attached hydrogen (secondary N) is 2. The number of nitrogens with zero attached hydrogens (tertiary/aromatic N) is 1. The number of amides is 1. The Kier molecular flexibility index (Phi) is 3.84. The summed E-state index contributed by atoms with van der Waals surface area (Å²) in [5.41, 5.74) is 3.54. The summed E-state index contributed by atoms with van der Waals surface area (Å²) in [5, 5.41) is 6.11. The highest BCUT2D eigenvalue weighted by Crippen LogP contribution is 2.25. The quantitative estimate of drug-likeness (QED) is 0.587. The molecule has 3 aromatic heterocycles. The first-order valence-electron chi connectivity index (χ1n) is 7.64. The molecule has 1 amide bonds. The molecule has 0 saturated carbocycles. The highest BCUT2D eigenvalue weighted by atomic mass is 32.1. The van der Waals surface area contributed by atoms with Gasteiger partial charge in [-0.25, -0.2) is 0 Å². The number of hydrogen-bond acceptors (Lipinski definition) is 3. The van der Waals surface area contributed by atoms with E-state index in [1.807, 2.05) is 60.1 Å². The van der Waals surface area contributed by atoms with E-state index in [-0.39, 0.29) is 5.91 Å². The van der Waals surface area contributed by atoms with Gasteiger partial charge in [0.25, 0.3) is 5.91 Å². The number of thiophene rings is 1. The first-order valence-corrected chi connectivity index (χ1v) is 8.52. The molecule has 0 saturated heterocycles. The van der Waals surface area contributed by atoms with Crippen LogP contribution in [-0.4, -0.2) is 15.9 Å². The van der Waals surface area contributed by atoms with Gasteiger partial charge >= 0.3 is 0 Å². The molecule has 4 aromatic rings. The monoisotopic (exact) mass is 333 g/mol. The van der Waals surface area contributed by atoms with E-state index in [0.29, 0.717) is 12.1 Å². The predicted molar refractivity (Wildman–Crippen MR) is 97.0 cm³/mol. The Balaban J connectivity index is 1.53. The predicted octanol–water partition coefficient (Wildman–Crippen LogP) is 4.22. The number of carbonyl (C=O) groups is 1. The fraction of sp³-hybridized carbons (Fsp3) is 0.0526. The van der Waals surface area contributed by atoms with Crippen LogP contribution in [0.1, 0.15) is 15.9 Å². The Labute approximate surface area is 143 Å². The number of rotatable bonds is 4. The highest BCUT2D eigenvalue weighted by molar-refractivity contribution is 7.13. The summed E-state index contributed by atoms with van der Waals surface area (Å²) in [6.07, 6.45) is 3.65. The van der Waals surface area contributed by atoms with Gasteiger partial charge in [-0.1, -0.05) is 18.2 Å². The number of aromatic nitrogens is 2. The SMILES string of the molecule is O=C(NCc1cccnc1-c1cccs1)c1ccc2cc[nH]c2c1. The molecule has 0 aliphatic heterocycles. The highest BCUT2D eigenvalue weighted by Gasteiger charge is 2.10. The standard InChI is InChI=1S/C19H15N3OS/c23-19(14-6-5-13-7-9-20-16(13)11-14)22-12-15-3-1-8-21-18(15)17-4-2-10-24-17/h1-11,20H,12H2,(H,22,23). The van der Waals surface area contributed by atoms with Crippen molar-refractivity contribution < 1.29 is 4.79 Å². The van der Waals surface area contributed by atoms with Gasteiger partial charge in [0.15, 0.2) is 0 Å². The average molecular weight is 333 g/mol. The number of fused-ring (bicyclic) bond motifs is 1. The van der Waals surface area contributed by atoms with E-state index >= 15 is 0 Å². The lowest BCUT2D eigenvalue weighted by Crippen LogP contribution is -2.23. The van der Waals surface area contributed by atoms with Crippen molar-refractivity contribution in [2.24, 2.45) is 0 Å². The van der Waals surface area contributed by atoms with Gasteiger partial charge in [0.05, 0.1) is 10.6 Å². The third-order valence-electron chi connectivity index (χ3n) is 3.90. The number of H-pyrrole nitrogens is 1. The minimum absolute atomic E-state index is 0.0903. The summed E-state index contributed by atoms with van der Waals surface area (Å²) in [6, 6.07) is 15.6. The number of pyridine rings is 1. The van der Waals surface area contributed by atoms with Gasteiger partial charge < -0.3 is 10.3 Å². The maximum Gasteiger partial charge on any atom is 0.251 e. The van der Waals surface area contributed by atoms with Crippen molar-refractivity contribution in [3.05, 3.63) is 77.4 Å². The van der Waals surface area contributed by atoms with Crippen LogP contribution in [-0.2, 0) is 6.54 Å². The summed E-state index contributed by atoms with van der Waals surface area (Å²) in [4.78, 5) is 21.1. The zero-order chi connectivity index (χ0) is 16.4. The first-order chi connectivity index (χ1) is 11.8. The first kappa shape index (κ1) is 14.7. The molecule has 0 atom stereocenters. The van der Waals surface area contributed by atoms with E-state index < -0.39 is 0 Å². The van der Waals surface area contributed by atoms with Crippen LogP contribution in [0.2, 0.25) is 0 Å². The number of hydrogen-bond donors (Lipinski definition) is 2. The zero-order valence-electron chi connectivity index (χ0n) is 12.8. The van der Waals surface area contributed by atoms with Crippen molar-refractivity contribution >= 4 is 28.1 Å². The molecule has 0 radical (unpaired) electrons. The molecule has 24 heavy (non-hydrogen) atoms. The van der Waals surface area contributed by atoms with Gasteiger partial charge in [-0.15, -0.1) is 11.3 Å². The van der Waals surface area contributed by atoms with E-state index in [1.165, 1.54) is 0 Å². The van der Waals surface area contributed by atoms with E-state index in [0.717, 1.165) is 27.0 Å². The molecule has 0 spiro atoms. The van der Waals surface area contributed by atoms with Crippen LogP contribution in [0.15, 0.2) is 66.3 Å². The Morgan fingerprint density at radius 3 is 3.00 bits per heavy atom. The number of carbonyl (C=O) groups excluding carboxylic acids is 1. The number of benzene rings is 1. The van der Waals surface area contributed by atoms with Gasteiger partial charge in [-0.2, -0.15) is 0 Å². The lowest BCUT2D eigenvalue weighted by molar-refractivity contribution is 0.0951. The number of aromatic amines is 1. The van der Waals surface area contributed by atoms with Crippen LogP contribution in [0, 0.1) is 0 Å². The molecule has 1 aromatic carbocycles. The van der Waals surface area contributed by atoms with Gasteiger partial charge in [0, 0.05) is 30.0 Å². The van der Waals surface area contributed by atoms with Crippen molar-refractivity contribution in [1.29, 1.82) is 0 Å². The second-order valence-corrected chi connectivity index (χ2v) is 6.40. The van der Waals surface area contributed by atoms with Crippen molar-refractivity contribution in [2.75, 3.05) is 0 Å². The molecule has 0 bridgehead atoms. The minimum atomic E-state index is -0.0903. The second-order valence-electron chi connectivity index (χ2n) is 5.45. The van der Waals surface area contributed by atoms with Gasteiger partial charge in [-0.05, 0) is 46.7 Å². The molecule has 118 valence electrons. The molecule has 0 unspecified atom stereocenters. The van der Waals surface area contributed by atoms with Crippen molar-refractivity contribution in [2.45, 2.75) is 6.54 Å². The second kappa shape index (κ2) is 6.29. The molecule has 0 aliphatic carbocycles. The topological polar surface area (TPSA) is 57.8 Å². The normalized spacial score (nSPS) is 10.8. The van der Waals surface area contributed by atoms with E-state index in [9.17, 15) is 4.79 Å². The lowest BCUT2D eigenvalue weighted by atomic mass is 10.1. The van der Waals surface area contributed by atoms with Gasteiger partial charge in [0.1, 0.15) is 0 Å². The molecule has 4 nitrogen and oxygen atoms in total. The summed E-state index contributed by atoms with van der Waals surface area (Å²) < 4.78 is 0. The van der Waals surface area contributed by atoms with Crippen molar-refractivity contribution in [3.8, 4) is 10.6 Å². The maximum atomic E-state index is 12.4. The molecular weight excluding hydrogens is 318 g/mol. The molecule has 0 fully saturated rings. The van der Waals surface area contributed by atoms with Crippen LogP contribution in [0.4, 0.5) is 0 Å². The molecule has 0 aliphatic rings. The van der Waals surface area contributed by atoms with Crippen LogP contribution < -0.4 is 5.32 Å². The van der Waals surface area contributed by atoms with Gasteiger partial charge in [-0.3, -0.25) is 9.78 Å². The average Bonchev–Trinajstić information content (AvgIpc) is 3.30. The van der Waals surface area contributed by atoms with Crippen LogP contribution >= 0.6 is 11.3 Å². The molecular formula is C19H15N3OS. The van der Waals surface area contributed by atoms with E-state index in [1.54, 1.807) is 17.5 Å². The van der Waals surface area contributed by atoms with Crippen LogP contribution in [0.25, 0.3) is 21.5 Å². The minimum Gasteiger partial charge on any atom is -0.361 e. The molecule has 5 heteroatoms. The Morgan fingerprint density at radius 2 is 2.12 bits per heavy atom. The Hall–Kier alpha value is -2.92. The Morgan fingerprint density at radius 1 is 1.17 bits per heavy atom. The largest absolute Gasteiger partial charge is 0.361 e. The molecule has 4 rings (SSSR count). The fourth-order valence-electron chi connectivity index (χ4n) is 2.68. The third-order valence-corrected chi connectivity index (χ3v) is 4.78. The Bertz CT molecular complexity index is 989. The summed E-state index contributed by atoms with van der Waals surface area (Å²) in [7, 11) is 0.